The molecule has 49 heavy (non-hydrogen) atoms. The lowest BCUT2D eigenvalue weighted by Crippen LogP contribution is -2.41. The Morgan fingerprint density at radius 1 is 1.08 bits per heavy atom. The molecule has 0 aliphatic carbocycles. The number of hydrogen-bond acceptors (Lipinski definition) is 9. The van der Waals surface area contributed by atoms with Gasteiger partial charge in [0.25, 0.3) is 0 Å². The number of ether oxygens (including phenoxy) is 1. The van der Waals surface area contributed by atoms with Crippen LogP contribution in [0, 0.1) is 12.3 Å². The summed E-state index contributed by atoms with van der Waals surface area (Å²) in [5, 5.41) is 25.9. The van der Waals surface area contributed by atoms with Crippen molar-refractivity contribution in [1.82, 2.24) is 25.1 Å². The van der Waals surface area contributed by atoms with E-state index in [4.69, 9.17) is 15.6 Å². The SMILES string of the molecule is Cc1ccn(-c2ccc(-c3cccc(CCC(=O)O)c3)cc2C(Oc2cc(N3CCC4(CC3)CN[C@H](C(=O)O)C4)nc(N)n2)C(F)(F)F)n1. The second kappa shape index (κ2) is 13.4. The minimum absolute atomic E-state index is 0.0823. The third-order valence-electron chi connectivity index (χ3n) is 9.22. The molecule has 0 bridgehead atoms. The van der Waals surface area contributed by atoms with Gasteiger partial charge >= 0.3 is 18.1 Å². The summed E-state index contributed by atoms with van der Waals surface area (Å²) in [4.78, 5) is 32.8. The molecule has 258 valence electrons. The molecule has 4 aromatic rings. The van der Waals surface area contributed by atoms with E-state index in [1.165, 1.54) is 16.8 Å². The Hall–Kier alpha value is -5.18. The van der Waals surface area contributed by atoms with E-state index in [2.05, 4.69) is 20.4 Å². The van der Waals surface area contributed by atoms with Crippen LogP contribution in [0.2, 0.25) is 0 Å². The van der Waals surface area contributed by atoms with Crippen LogP contribution in [0.1, 0.15) is 48.6 Å². The number of rotatable bonds is 10. The standard InChI is InChI=1S/C34H36F3N7O5/c1-20-9-12-44(42-20)26-7-6-23(22-4-2-3-21(15-22)5-8-29(45)46)16-24(26)30(34(35,36)37)49-28-17-27(40-32(38)41-28)43-13-10-33(11-14-43)18-25(31(47)48)39-19-33/h2-4,6-7,9,12,15-17,25,30,39H,5,8,10-11,13-14,18-19H2,1H3,(H,45,46)(H,47,48)(H2,38,40,41)/t25-,30?/m0/s1. The number of anilines is 2. The fourth-order valence-corrected chi connectivity index (χ4v) is 6.62. The molecular formula is C34H36F3N7O5. The molecule has 6 rings (SSSR count). The van der Waals surface area contributed by atoms with Crippen molar-refractivity contribution in [3.63, 3.8) is 0 Å². The van der Waals surface area contributed by atoms with Crippen LogP contribution in [-0.4, -0.2) is 73.8 Å². The van der Waals surface area contributed by atoms with Crippen molar-refractivity contribution in [2.45, 2.75) is 57.3 Å². The van der Waals surface area contributed by atoms with Crippen molar-refractivity contribution >= 4 is 23.7 Å². The van der Waals surface area contributed by atoms with E-state index >= 15 is 13.2 Å². The van der Waals surface area contributed by atoms with Crippen LogP contribution in [0.15, 0.2) is 60.8 Å². The van der Waals surface area contributed by atoms with Gasteiger partial charge in [0.2, 0.25) is 17.9 Å². The smallest absolute Gasteiger partial charge is 0.429 e. The van der Waals surface area contributed by atoms with E-state index in [0.717, 1.165) is 5.56 Å². The van der Waals surface area contributed by atoms with Gasteiger partial charge in [0, 0.05) is 43.9 Å². The highest BCUT2D eigenvalue weighted by Gasteiger charge is 2.46. The summed E-state index contributed by atoms with van der Waals surface area (Å²) in [7, 11) is 0. The number of halogens is 3. The van der Waals surface area contributed by atoms with Crippen LogP contribution < -0.4 is 20.7 Å². The molecular weight excluding hydrogens is 643 g/mol. The molecule has 0 amide bonds. The second-order valence-electron chi connectivity index (χ2n) is 12.7. The molecule has 2 saturated heterocycles. The number of benzene rings is 2. The highest BCUT2D eigenvalue weighted by molar-refractivity contribution is 5.74. The number of aromatic nitrogens is 4. The Labute approximate surface area is 279 Å². The molecule has 2 fully saturated rings. The van der Waals surface area contributed by atoms with E-state index in [0.29, 0.717) is 61.5 Å². The molecule has 5 N–H and O–H groups in total. The Bertz CT molecular complexity index is 1860. The van der Waals surface area contributed by atoms with Crippen molar-refractivity contribution in [3.05, 3.63) is 77.6 Å². The van der Waals surface area contributed by atoms with E-state index < -0.39 is 30.3 Å². The zero-order chi connectivity index (χ0) is 34.9. The number of nitrogens with zero attached hydrogens (tertiary/aromatic N) is 5. The van der Waals surface area contributed by atoms with Gasteiger partial charge in [-0.25, -0.2) is 4.68 Å². The van der Waals surface area contributed by atoms with Crippen molar-refractivity contribution < 1.29 is 37.7 Å². The number of hydrogen-bond donors (Lipinski definition) is 4. The molecule has 4 heterocycles. The maximum Gasteiger partial charge on any atom is 0.429 e. The lowest BCUT2D eigenvalue weighted by atomic mass is 9.76. The van der Waals surface area contributed by atoms with Gasteiger partial charge in [-0.15, -0.1) is 0 Å². The number of nitrogen functional groups attached to an aromatic ring is 1. The summed E-state index contributed by atoms with van der Waals surface area (Å²) in [5.74, 6) is -2.13. The molecule has 2 aliphatic heterocycles. The topological polar surface area (TPSA) is 169 Å². The van der Waals surface area contributed by atoms with Crippen molar-refractivity contribution in [3.8, 4) is 22.7 Å². The third-order valence-corrected chi connectivity index (χ3v) is 9.22. The summed E-state index contributed by atoms with van der Waals surface area (Å²) in [6.45, 7) is 3.31. The average Bonchev–Trinajstić information content (AvgIpc) is 3.68. The fraction of sp³-hybridized carbons (Fsp3) is 0.382. The third kappa shape index (κ3) is 7.61. The zero-order valence-corrected chi connectivity index (χ0v) is 26.7. The molecule has 2 aromatic carbocycles. The number of carbonyl (C=O) groups is 2. The van der Waals surface area contributed by atoms with Crippen LogP contribution in [-0.2, 0) is 16.0 Å². The van der Waals surface area contributed by atoms with Crippen LogP contribution in [0.5, 0.6) is 5.88 Å². The normalized spacial score (nSPS) is 18.0. The van der Waals surface area contributed by atoms with Gasteiger partial charge in [-0.1, -0.05) is 30.3 Å². The van der Waals surface area contributed by atoms with Gasteiger partial charge in [0.1, 0.15) is 11.9 Å². The molecule has 12 nitrogen and oxygen atoms in total. The largest absolute Gasteiger partial charge is 0.481 e. The molecule has 0 radical (unpaired) electrons. The number of carboxylic acid groups (broad SMARTS) is 2. The molecule has 1 spiro atoms. The Balaban J connectivity index is 1.32. The number of carboxylic acids is 2. The van der Waals surface area contributed by atoms with E-state index in [9.17, 15) is 14.7 Å². The van der Waals surface area contributed by atoms with Gasteiger partial charge in [-0.2, -0.15) is 28.2 Å². The quantitative estimate of drug-likeness (QED) is 0.179. The Morgan fingerprint density at radius 2 is 1.84 bits per heavy atom. The number of aliphatic carboxylic acids is 2. The summed E-state index contributed by atoms with van der Waals surface area (Å²) in [6.07, 6.45) is -3.77. The highest BCUT2D eigenvalue weighted by Crippen LogP contribution is 2.43. The van der Waals surface area contributed by atoms with Crippen molar-refractivity contribution in [2.24, 2.45) is 5.41 Å². The Kier molecular flexibility index (Phi) is 9.20. The molecule has 0 saturated carbocycles. The molecule has 2 aromatic heterocycles. The number of piperidine rings is 1. The maximum atomic E-state index is 15.0. The van der Waals surface area contributed by atoms with E-state index in [-0.39, 0.29) is 41.3 Å². The van der Waals surface area contributed by atoms with E-state index in [1.807, 2.05) is 4.90 Å². The maximum absolute atomic E-state index is 15.0. The summed E-state index contributed by atoms with van der Waals surface area (Å²) >= 11 is 0. The van der Waals surface area contributed by atoms with E-state index in [1.54, 1.807) is 55.6 Å². The lowest BCUT2D eigenvalue weighted by Gasteiger charge is -2.39. The summed E-state index contributed by atoms with van der Waals surface area (Å²) in [5.41, 5.74) is 8.16. The zero-order valence-electron chi connectivity index (χ0n) is 26.7. The van der Waals surface area contributed by atoms with Crippen LogP contribution in [0.25, 0.3) is 16.8 Å². The average molecular weight is 680 g/mol. The van der Waals surface area contributed by atoms with Crippen LogP contribution in [0.3, 0.4) is 0 Å². The predicted octanol–water partition coefficient (Wildman–Crippen LogP) is 4.95. The van der Waals surface area contributed by atoms with Gasteiger partial charge in [-0.05, 0) is 72.9 Å². The monoisotopic (exact) mass is 679 g/mol. The van der Waals surface area contributed by atoms with Crippen molar-refractivity contribution in [1.29, 1.82) is 0 Å². The Morgan fingerprint density at radius 3 is 2.49 bits per heavy atom. The lowest BCUT2D eigenvalue weighted by molar-refractivity contribution is -0.198. The number of nitrogens with one attached hydrogen (secondary N) is 1. The number of nitrogens with two attached hydrogens (primary N) is 1. The van der Waals surface area contributed by atoms with Gasteiger partial charge in [0.15, 0.2) is 0 Å². The van der Waals surface area contributed by atoms with Crippen LogP contribution >= 0.6 is 0 Å². The van der Waals surface area contributed by atoms with Gasteiger partial charge < -0.3 is 30.9 Å². The first kappa shape index (κ1) is 33.7. The minimum Gasteiger partial charge on any atom is -0.481 e. The molecule has 15 heteroatoms. The highest BCUT2D eigenvalue weighted by atomic mass is 19.4. The van der Waals surface area contributed by atoms with Crippen molar-refractivity contribution in [2.75, 3.05) is 30.3 Å². The first-order valence-electron chi connectivity index (χ1n) is 15.9. The van der Waals surface area contributed by atoms with Gasteiger partial charge in [0.05, 0.1) is 11.4 Å². The molecule has 2 aliphatic rings. The van der Waals surface area contributed by atoms with Gasteiger partial charge in [-0.3, -0.25) is 9.59 Å². The first-order chi connectivity index (χ1) is 23.3. The fourth-order valence-electron chi connectivity index (χ4n) is 6.62. The number of aryl methyl sites for hydroxylation is 2. The summed E-state index contributed by atoms with van der Waals surface area (Å²) < 4.78 is 52.2. The minimum atomic E-state index is -4.90. The number of alkyl halides is 3. The summed E-state index contributed by atoms with van der Waals surface area (Å²) in [6, 6.07) is 14.0. The predicted molar refractivity (Wildman–Crippen MR) is 173 cm³/mol. The second-order valence-corrected chi connectivity index (χ2v) is 12.7. The molecule has 1 unspecified atom stereocenters. The van der Waals surface area contributed by atoms with Crippen LogP contribution in [0.4, 0.5) is 24.9 Å². The molecule has 2 atom stereocenters. The first-order valence-corrected chi connectivity index (χ1v) is 15.9.